The third-order valence-corrected chi connectivity index (χ3v) is 6.81. The number of nitrogens with two attached hydrogens (primary N) is 1. The fraction of sp³-hybridized carbons (Fsp3) is 0.333. The van der Waals surface area contributed by atoms with E-state index in [0.717, 1.165) is 41.0 Å². The number of imide groups is 1. The summed E-state index contributed by atoms with van der Waals surface area (Å²) < 4.78 is 0. The summed E-state index contributed by atoms with van der Waals surface area (Å²) in [6.45, 7) is 1.16. The van der Waals surface area contributed by atoms with Gasteiger partial charge in [-0.3, -0.25) is 19.3 Å². The molecule has 1 fully saturated rings. The van der Waals surface area contributed by atoms with E-state index in [9.17, 15) is 19.2 Å². The molecule has 1 saturated heterocycles. The minimum atomic E-state index is -1.24. The highest BCUT2D eigenvalue weighted by molar-refractivity contribution is 7.17. The van der Waals surface area contributed by atoms with Crippen LogP contribution in [-0.4, -0.2) is 35.2 Å². The van der Waals surface area contributed by atoms with Crippen molar-refractivity contribution >= 4 is 40.1 Å². The first-order valence-corrected chi connectivity index (χ1v) is 10.6. The van der Waals surface area contributed by atoms with Crippen LogP contribution in [0.2, 0.25) is 0 Å². The lowest BCUT2D eigenvalue weighted by Gasteiger charge is -2.22. The van der Waals surface area contributed by atoms with Gasteiger partial charge in [0, 0.05) is 4.88 Å². The van der Waals surface area contributed by atoms with Crippen molar-refractivity contribution in [1.82, 2.24) is 10.2 Å². The third-order valence-electron chi connectivity index (χ3n) is 5.60. The number of primary amides is 1. The zero-order chi connectivity index (χ0) is 21.5. The molecule has 2 aliphatic rings. The Morgan fingerprint density at radius 1 is 1.20 bits per heavy atom. The molecule has 0 bridgehead atoms. The quantitative estimate of drug-likeness (QED) is 0.634. The first-order valence-electron chi connectivity index (χ1n) is 9.75. The summed E-state index contributed by atoms with van der Waals surface area (Å²) in [7, 11) is 0. The molecule has 1 unspecified atom stereocenters. The maximum Gasteiger partial charge on any atom is 0.325 e. The summed E-state index contributed by atoms with van der Waals surface area (Å²) in [5, 5.41) is 5.75. The monoisotopic (exact) mass is 426 g/mol. The van der Waals surface area contributed by atoms with Crippen LogP contribution < -0.4 is 16.4 Å². The van der Waals surface area contributed by atoms with E-state index in [-0.39, 0.29) is 0 Å². The molecule has 1 aliphatic heterocycles. The van der Waals surface area contributed by atoms with Gasteiger partial charge in [-0.15, -0.1) is 11.3 Å². The molecule has 0 spiro atoms. The number of carbonyl (C=O) groups is 4. The molecule has 2 aromatic rings. The summed E-state index contributed by atoms with van der Waals surface area (Å²) in [5.74, 6) is -1.65. The zero-order valence-corrected chi connectivity index (χ0v) is 17.3. The Labute approximate surface area is 177 Å². The lowest BCUT2D eigenvalue weighted by atomic mass is 9.92. The van der Waals surface area contributed by atoms with Crippen LogP contribution >= 0.6 is 11.3 Å². The molecule has 4 rings (SSSR count). The van der Waals surface area contributed by atoms with Crippen molar-refractivity contribution in [1.29, 1.82) is 0 Å². The van der Waals surface area contributed by atoms with Gasteiger partial charge in [0.25, 0.3) is 11.8 Å². The molecular weight excluding hydrogens is 404 g/mol. The van der Waals surface area contributed by atoms with Crippen LogP contribution in [0.25, 0.3) is 0 Å². The first kappa shape index (κ1) is 20.1. The van der Waals surface area contributed by atoms with Crippen molar-refractivity contribution in [3.05, 3.63) is 51.9 Å². The smallest absolute Gasteiger partial charge is 0.325 e. The maximum absolute atomic E-state index is 13.0. The maximum atomic E-state index is 13.0. The Morgan fingerprint density at radius 3 is 2.60 bits per heavy atom. The fourth-order valence-corrected chi connectivity index (χ4v) is 5.34. The Kier molecular flexibility index (Phi) is 5.07. The number of hydrogen-bond donors (Lipinski definition) is 3. The van der Waals surface area contributed by atoms with E-state index in [2.05, 4.69) is 10.6 Å². The van der Waals surface area contributed by atoms with E-state index < -0.39 is 35.8 Å². The standard InChI is InChI=1S/C21H22N4O4S/c1-21(12-7-3-2-4-8-12)19(28)25(20(29)24-21)11-15(26)23-18-16(17(22)27)13-9-5-6-10-14(13)30-18/h2-4,7-8H,5-6,9-11H2,1H3,(H2,22,27)(H,23,26)(H,24,29). The third kappa shape index (κ3) is 3.35. The topological polar surface area (TPSA) is 122 Å². The highest BCUT2D eigenvalue weighted by Gasteiger charge is 2.49. The van der Waals surface area contributed by atoms with Crippen molar-refractivity contribution in [2.75, 3.05) is 11.9 Å². The number of anilines is 1. The molecule has 2 heterocycles. The van der Waals surface area contributed by atoms with Crippen LogP contribution in [0.15, 0.2) is 30.3 Å². The highest BCUT2D eigenvalue weighted by atomic mass is 32.1. The molecule has 30 heavy (non-hydrogen) atoms. The van der Waals surface area contributed by atoms with Gasteiger partial charge in [0.2, 0.25) is 5.91 Å². The van der Waals surface area contributed by atoms with Gasteiger partial charge in [0.15, 0.2) is 0 Å². The lowest BCUT2D eigenvalue weighted by Crippen LogP contribution is -2.42. The number of nitrogens with one attached hydrogen (secondary N) is 2. The largest absolute Gasteiger partial charge is 0.365 e. The van der Waals surface area contributed by atoms with Crippen molar-refractivity contribution in [3.8, 4) is 0 Å². The van der Waals surface area contributed by atoms with Crippen molar-refractivity contribution in [2.24, 2.45) is 5.73 Å². The molecule has 4 N–H and O–H groups in total. The number of amides is 5. The minimum Gasteiger partial charge on any atom is -0.365 e. The van der Waals surface area contributed by atoms with Gasteiger partial charge in [-0.25, -0.2) is 4.79 Å². The average molecular weight is 426 g/mol. The van der Waals surface area contributed by atoms with E-state index in [1.165, 1.54) is 11.3 Å². The molecule has 1 aromatic carbocycles. The molecule has 9 heteroatoms. The van der Waals surface area contributed by atoms with Crippen LogP contribution in [0.4, 0.5) is 9.80 Å². The second kappa shape index (κ2) is 7.56. The number of hydrogen-bond acceptors (Lipinski definition) is 5. The Hall–Kier alpha value is -3.20. The SMILES string of the molecule is CC1(c2ccccc2)NC(=O)N(CC(=O)Nc2sc3c(c2C(N)=O)CCCC3)C1=O. The highest BCUT2D eigenvalue weighted by Crippen LogP contribution is 2.38. The summed E-state index contributed by atoms with van der Waals surface area (Å²) in [4.78, 5) is 52.0. The van der Waals surface area contributed by atoms with Gasteiger partial charge in [0.05, 0.1) is 5.56 Å². The summed E-state index contributed by atoms with van der Waals surface area (Å²) >= 11 is 1.34. The number of rotatable bonds is 5. The molecule has 5 amide bonds. The molecule has 1 atom stereocenters. The summed E-state index contributed by atoms with van der Waals surface area (Å²) in [6.07, 6.45) is 3.60. The second-order valence-corrected chi connectivity index (χ2v) is 8.75. The number of thiophene rings is 1. The van der Waals surface area contributed by atoms with Crippen LogP contribution in [-0.2, 0) is 28.0 Å². The van der Waals surface area contributed by atoms with Gasteiger partial charge < -0.3 is 16.4 Å². The molecule has 1 aromatic heterocycles. The van der Waals surface area contributed by atoms with Crippen LogP contribution in [0, 0.1) is 0 Å². The lowest BCUT2D eigenvalue weighted by molar-refractivity contribution is -0.133. The predicted molar refractivity (Wildman–Crippen MR) is 112 cm³/mol. The molecule has 0 saturated carbocycles. The van der Waals surface area contributed by atoms with Gasteiger partial charge >= 0.3 is 6.03 Å². The van der Waals surface area contributed by atoms with E-state index in [0.29, 0.717) is 16.1 Å². The van der Waals surface area contributed by atoms with E-state index in [4.69, 9.17) is 5.73 Å². The van der Waals surface area contributed by atoms with Gasteiger partial charge in [-0.2, -0.15) is 0 Å². The molecule has 156 valence electrons. The van der Waals surface area contributed by atoms with Crippen molar-refractivity contribution in [3.63, 3.8) is 0 Å². The Bertz CT molecular complexity index is 1050. The van der Waals surface area contributed by atoms with Crippen LogP contribution in [0.5, 0.6) is 0 Å². The number of aryl methyl sites for hydroxylation is 1. The van der Waals surface area contributed by atoms with Crippen LogP contribution in [0.1, 0.15) is 46.1 Å². The van der Waals surface area contributed by atoms with E-state index in [1.807, 2.05) is 6.07 Å². The average Bonchev–Trinajstić information content (AvgIpc) is 3.19. The molecule has 0 radical (unpaired) electrons. The number of benzene rings is 1. The number of nitrogens with zero attached hydrogens (tertiary/aromatic N) is 1. The number of fused-ring (bicyclic) bond motifs is 1. The summed E-state index contributed by atoms with van der Waals surface area (Å²) in [5.41, 5.74) is 6.20. The minimum absolute atomic E-state index is 0.342. The fourth-order valence-electron chi connectivity index (χ4n) is 4.03. The molecular formula is C21H22N4O4S. The summed E-state index contributed by atoms with van der Waals surface area (Å²) in [6, 6.07) is 8.23. The Morgan fingerprint density at radius 2 is 1.90 bits per heavy atom. The number of urea groups is 1. The second-order valence-electron chi connectivity index (χ2n) is 7.64. The van der Waals surface area contributed by atoms with Gasteiger partial charge in [-0.1, -0.05) is 30.3 Å². The van der Waals surface area contributed by atoms with E-state index in [1.54, 1.807) is 31.2 Å². The van der Waals surface area contributed by atoms with Crippen LogP contribution in [0.3, 0.4) is 0 Å². The van der Waals surface area contributed by atoms with Gasteiger partial charge in [0.1, 0.15) is 17.1 Å². The first-order chi connectivity index (χ1) is 14.3. The predicted octanol–water partition coefficient (Wildman–Crippen LogP) is 2.13. The van der Waals surface area contributed by atoms with Crippen molar-refractivity contribution in [2.45, 2.75) is 38.1 Å². The zero-order valence-electron chi connectivity index (χ0n) is 16.5. The molecule has 1 aliphatic carbocycles. The number of carbonyl (C=O) groups excluding carboxylic acids is 4. The van der Waals surface area contributed by atoms with Crippen molar-refractivity contribution < 1.29 is 19.2 Å². The van der Waals surface area contributed by atoms with Gasteiger partial charge in [-0.05, 0) is 43.7 Å². The normalized spacial score (nSPS) is 20.6. The molecule has 8 nitrogen and oxygen atoms in total. The Balaban J connectivity index is 1.53. The van der Waals surface area contributed by atoms with E-state index >= 15 is 0 Å².